The third-order valence-electron chi connectivity index (χ3n) is 4.53. The standard InChI is InChI=1S/C16H25NO/c1-3-15(2)13-16(9-11-17,10-12-18-15)14-7-5-4-6-8-14/h4-8H,3,9-13,17H2,1-2H3/p+1/t15-,16+/m1/s1. The molecule has 100 valence electrons. The van der Waals surface area contributed by atoms with E-state index < -0.39 is 0 Å². The van der Waals surface area contributed by atoms with E-state index in [0.717, 1.165) is 38.8 Å². The van der Waals surface area contributed by atoms with Gasteiger partial charge in [0.2, 0.25) is 0 Å². The summed E-state index contributed by atoms with van der Waals surface area (Å²) in [5.41, 5.74) is 5.85. The van der Waals surface area contributed by atoms with Gasteiger partial charge in [-0.2, -0.15) is 0 Å². The minimum atomic E-state index is 0.0310. The summed E-state index contributed by atoms with van der Waals surface area (Å²) in [6.07, 6.45) is 4.49. The second kappa shape index (κ2) is 5.41. The Morgan fingerprint density at radius 3 is 2.61 bits per heavy atom. The summed E-state index contributed by atoms with van der Waals surface area (Å²) in [4.78, 5) is 0. The van der Waals surface area contributed by atoms with E-state index in [0.29, 0.717) is 0 Å². The first-order chi connectivity index (χ1) is 8.64. The minimum absolute atomic E-state index is 0.0310. The summed E-state index contributed by atoms with van der Waals surface area (Å²) >= 11 is 0. The Morgan fingerprint density at radius 1 is 1.28 bits per heavy atom. The third kappa shape index (κ3) is 2.60. The first-order valence-corrected chi connectivity index (χ1v) is 7.13. The van der Waals surface area contributed by atoms with E-state index in [-0.39, 0.29) is 11.0 Å². The number of benzene rings is 1. The van der Waals surface area contributed by atoms with Gasteiger partial charge in [0.05, 0.1) is 12.1 Å². The van der Waals surface area contributed by atoms with Crippen LogP contribution in [0.2, 0.25) is 0 Å². The van der Waals surface area contributed by atoms with Gasteiger partial charge >= 0.3 is 0 Å². The van der Waals surface area contributed by atoms with Crippen LogP contribution in [0.5, 0.6) is 0 Å². The molecule has 2 atom stereocenters. The summed E-state index contributed by atoms with van der Waals surface area (Å²) in [6, 6.07) is 11.0. The Bertz CT molecular complexity index is 374. The fraction of sp³-hybridized carbons (Fsp3) is 0.625. The molecule has 0 radical (unpaired) electrons. The highest BCUT2D eigenvalue weighted by Gasteiger charge is 2.43. The summed E-state index contributed by atoms with van der Waals surface area (Å²) in [5.74, 6) is 0. The number of ether oxygens (including phenoxy) is 1. The Hall–Kier alpha value is -0.860. The van der Waals surface area contributed by atoms with E-state index in [4.69, 9.17) is 4.74 Å². The molecule has 1 aliphatic heterocycles. The van der Waals surface area contributed by atoms with Crippen LogP contribution < -0.4 is 5.73 Å². The second-order valence-electron chi connectivity index (χ2n) is 5.83. The van der Waals surface area contributed by atoms with Crippen molar-refractivity contribution in [1.82, 2.24) is 0 Å². The number of quaternary nitrogens is 1. The quantitative estimate of drug-likeness (QED) is 0.873. The van der Waals surface area contributed by atoms with Crippen molar-refractivity contribution in [3.63, 3.8) is 0 Å². The van der Waals surface area contributed by atoms with Crippen molar-refractivity contribution in [3.8, 4) is 0 Å². The lowest BCUT2D eigenvalue weighted by Gasteiger charge is -2.46. The van der Waals surface area contributed by atoms with Gasteiger partial charge in [0.1, 0.15) is 0 Å². The molecular weight excluding hydrogens is 222 g/mol. The van der Waals surface area contributed by atoms with E-state index in [1.165, 1.54) is 5.56 Å². The molecule has 1 aromatic carbocycles. The highest BCUT2D eigenvalue weighted by molar-refractivity contribution is 5.27. The molecule has 0 aromatic heterocycles. The molecule has 18 heavy (non-hydrogen) atoms. The van der Waals surface area contributed by atoms with Gasteiger partial charge in [-0.05, 0) is 31.7 Å². The monoisotopic (exact) mass is 248 g/mol. The summed E-state index contributed by atoms with van der Waals surface area (Å²) in [6.45, 7) is 6.35. The van der Waals surface area contributed by atoms with Crippen LogP contribution in [0.3, 0.4) is 0 Å². The van der Waals surface area contributed by atoms with Crippen molar-refractivity contribution in [2.45, 2.75) is 50.5 Å². The van der Waals surface area contributed by atoms with Gasteiger partial charge in [0, 0.05) is 18.4 Å². The average molecular weight is 248 g/mol. The van der Waals surface area contributed by atoms with E-state index >= 15 is 0 Å². The Labute approximate surface area is 111 Å². The van der Waals surface area contributed by atoms with Gasteiger partial charge < -0.3 is 10.5 Å². The van der Waals surface area contributed by atoms with Gasteiger partial charge in [0.25, 0.3) is 0 Å². The highest BCUT2D eigenvalue weighted by Crippen LogP contribution is 2.44. The Balaban J connectivity index is 2.32. The molecule has 1 heterocycles. The van der Waals surface area contributed by atoms with Crippen molar-refractivity contribution in [2.24, 2.45) is 0 Å². The molecule has 0 spiro atoms. The highest BCUT2D eigenvalue weighted by atomic mass is 16.5. The zero-order valence-electron chi connectivity index (χ0n) is 11.7. The molecule has 0 bridgehead atoms. The molecule has 2 nitrogen and oxygen atoms in total. The van der Waals surface area contributed by atoms with Crippen LogP contribution >= 0.6 is 0 Å². The maximum atomic E-state index is 6.02. The SMILES string of the molecule is CC[C@]1(C)C[C@@](CC[NH3+])(c2ccccc2)CCO1. The molecule has 0 saturated carbocycles. The molecule has 0 unspecified atom stereocenters. The largest absolute Gasteiger partial charge is 0.375 e. The zero-order valence-corrected chi connectivity index (χ0v) is 11.7. The number of hydrogen-bond donors (Lipinski definition) is 1. The van der Waals surface area contributed by atoms with Crippen LogP contribution in [0, 0.1) is 0 Å². The topological polar surface area (TPSA) is 36.9 Å². The number of hydrogen-bond acceptors (Lipinski definition) is 1. The van der Waals surface area contributed by atoms with Gasteiger partial charge in [-0.3, -0.25) is 0 Å². The van der Waals surface area contributed by atoms with Crippen molar-refractivity contribution < 1.29 is 10.5 Å². The maximum Gasteiger partial charge on any atom is 0.0748 e. The predicted molar refractivity (Wildman–Crippen MR) is 74.4 cm³/mol. The smallest absolute Gasteiger partial charge is 0.0748 e. The van der Waals surface area contributed by atoms with Crippen LogP contribution in [0.1, 0.15) is 45.1 Å². The average Bonchev–Trinajstić information content (AvgIpc) is 2.40. The predicted octanol–water partition coefficient (Wildman–Crippen LogP) is 2.54. The Morgan fingerprint density at radius 2 is 2.00 bits per heavy atom. The van der Waals surface area contributed by atoms with Crippen LogP contribution in [-0.4, -0.2) is 18.8 Å². The van der Waals surface area contributed by atoms with Crippen molar-refractivity contribution >= 4 is 0 Å². The fourth-order valence-electron chi connectivity index (χ4n) is 3.31. The zero-order chi connectivity index (χ0) is 13.1. The molecule has 0 aliphatic carbocycles. The molecule has 3 N–H and O–H groups in total. The van der Waals surface area contributed by atoms with Crippen LogP contribution in [-0.2, 0) is 10.2 Å². The van der Waals surface area contributed by atoms with Crippen molar-refractivity contribution in [2.75, 3.05) is 13.2 Å². The van der Waals surface area contributed by atoms with Crippen LogP contribution in [0.4, 0.5) is 0 Å². The molecule has 1 aliphatic rings. The van der Waals surface area contributed by atoms with Gasteiger partial charge in [-0.15, -0.1) is 0 Å². The van der Waals surface area contributed by atoms with E-state index in [9.17, 15) is 0 Å². The van der Waals surface area contributed by atoms with Crippen molar-refractivity contribution in [3.05, 3.63) is 35.9 Å². The van der Waals surface area contributed by atoms with Gasteiger partial charge in [-0.1, -0.05) is 37.3 Å². The first-order valence-electron chi connectivity index (χ1n) is 7.13. The molecule has 1 aromatic rings. The lowest BCUT2D eigenvalue weighted by Crippen LogP contribution is -2.55. The van der Waals surface area contributed by atoms with Crippen LogP contribution in [0.15, 0.2) is 30.3 Å². The number of rotatable bonds is 4. The molecule has 2 heteroatoms. The Kier molecular flexibility index (Phi) is 4.08. The maximum absolute atomic E-state index is 6.02. The molecule has 2 rings (SSSR count). The third-order valence-corrected chi connectivity index (χ3v) is 4.53. The first kappa shape index (κ1) is 13.6. The molecule has 1 fully saturated rings. The molecule has 0 amide bonds. The fourth-order valence-corrected chi connectivity index (χ4v) is 3.31. The summed E-state index contributed by atoms with van der Waals surface area (Å²) in [5, 5.41) is 0. The van der Waals surface area contributed by atoms with E-state index in [2.05, 4.69) is 49.9 Å². The normalized spacial score (nSPS) is 32.4. The summed E-state index contributed by atoms with van der Waals surface area (Å²) < 4.78 is 6.02. The lowest BCUT2D eigenvalue weighted by molar-refractivity contribution is -0.372. The van der Waals surface area contributed by atoms with Crippen LogP contribution in [0.25, 0.3) is 0 Å². The van der Waals surface area contributed by atoms with Gasteiger partial charge in [0.15, 0.2) is 0 Å². The molecular formula is C16H26NO+. The summed E-state index contributed by atoms with van der Waals surface area (Å²) in [7, 11) is 0. The van der Waals surface area contributed by atoms with Crippen molar-refractivity contribution in [1.29, 1.82) is 0 Å². The minimum Gasteiger partial charge on any atom is -0.375 e. The van der Waals surface area contributed by atoms with E-state index in [1.54, 1.807) is 0 Å². The van der Waals surface area contributed by atoms with E-state index in [1.807, 2.05) is 0 Å². The molecule has 1 saturated heterocycles. The lowest BCUT2D eigenvalue weighted by atomic mass is 9.66. The second-order valence-corrected chi connectivity index (χ2v) is 5.83. The van der Waals surface area contributed by atoms with Gasteiger partial charge in [-0.25, -0.2) is 0 Å².